The number of nitrogens with zero attached hydrogens (tertiary/aromatic N) is 1. The van der Waals surface area contributed by atoms with Gasteiger partial charge in [-0.2, -0.15) is 0 Å². The minimum absolute atomic E-state index is 0.0397. The summed E-state index contributed by atoms with van der Waals surface area (Å²) >= 11 is 0. The molecule has 0 spiro atoms. The SMILES string of the molecule is CNC(Cc1ccc([N+](=O)[O-])cc1)c1cc(F)ccc1C. The van der Waals surface area contributed by atoms with Crippen LogP contribution >= 0.6 is 0 Å². The number of nitro benzene ring substituents is 1. The molecule has 21 heavy (non-hydrogen) atoms. The molecule has 4 nitrogen and oxygen atoms in total. The number of benzene rings is 2. The molecule has 0 saturated heterocycles. The highest BCUT2D eigenvalue weighted by Crippen LogP contribution is 2.23. The number of non-ortho nitro benzene ring substituents is 1. The van der Waals surface area contributed by atoms with Crippen molar-refractivity contribution >= 4 is 5.69 Å². The van der Waals surface area contributed by atoms with Crippen molar-refractivity contribution in [3.8, 4) is 0 Å². The standard InChI is InChI=1S/C16H17FN2O2/c1-11-3-6-13(17)10-15(11)16(18-2)9-12-4-7-14(8-5-12)19(20)21/h3-8,10,16,18H,9H2,1-2H3. The minimum Gasteiger partial charge on any atom is -0.313 e. The van der Waals surface area contributed by atoms with Crippen LogP contribution in [0.3, 0.4) is 0 Å². The lowest BCUT2D eigenvalue weighted by atomic mass is 9.95. The van der Waals surface area contributed by atoms with Crippen LogP contribution in [0, 0.1) is 22.9 Å². The Morgan fingerprint density at radius 1 is 1.24 bits per heavy atom. The van der Waals surface area contributed by atoms with Gasteiger partial charge in [0.1, 0.15) is 5.82 Å². The first-order valence-corrected chi connectivity index (χ1v) is 6.68. The fraction of sp³-hybridized carbons (Fsp3) is 0.250. The molecule has 0 aliphatic heterocycles. The lowest BCUT2D eigenvalue weighted by molar-refractivity contribution is -0.384. The average molecular weight is 288 g/mol. The molecular weight excluding hydrogens is 271 g/mol. The quantitative estimate of drug-likeness (QED) is 0.676. The molecule has 5 heteroatoms. The molecular formula is C16H17FN2O2. The van der Waals surface area contributed by atoms with E-state index in [0.717, 1.165) is 16.7 Å². The fourth-order valence-corrected chi connectivity index (χ4v) is 2.34. The molecule has 2 rings (SSSR count). The van der Waals surface area contributed by atoms with Gasteiger partial charge in [-0.15, -0.1) is 0 Å². The van der Waals surface area contributed by atoms with Gasteiger partial charge in [-0.3, -0.25) is 10.1 Å². The van der Waals surface area contributed by atoms with Crippen LogP contribution in [0.4, 0.5) is 10.1 Å². The summed E-state index contributed by atoms with van der Waals surface area (Å²) in [5, 5.41) is 13.8. The van der Waals surface area contributed by atoms with Gasteiger partial charge in [-0.25, -0.2) is 4.39 Å². The third-order valence-electron chi connectivity index (χ3n) is 3.55. The topological polar surface area (TPSA) is 55.2 Å². The van der Waals surface area contributed by atoms with Gasteiger partial charge in [0.2, 0.25) is 0 Å². The van der Waals surface area contributed by atoms with Crippen LogP contribution in [0.25, 0.3) is 0 Å². The van der Waals surface area contributed by atoms with Gasteiger partial charge in [0.25, 0.3) is 5.69 Å². The van der Waals surface area contributed by atoms with E-state index in [2.05, 4.69) is 5.32 Å². The van der Waals surface area contributed by atoms with Gasteiger partial charge in [0, 0.05) is 18.2 Å². The molecule has 1 unspecified atom stereocenters. The van der Waals surface area contributed by atoms with Gasteiger partial charge in [-0.1, -0.05) is 18.2 Å². The molecule has 1 atom stereocenters. The first-order chi connectivity index (χ1) is 10.0. The van der Waals surface area contributed by atoms with E-state index < -0.39 is 4.92 Å². The van der Waals surface area contributed by atoms with Crippen molar-refractivity contribution in [3.63, 3.8) is 0 Å². The highest BCUT2D eigenvalue weighted by Gasteiger charge is 2.14. The molecule has 1 N–H and O–H groups in total. The number of hydrogen-bond acceptors (Lipinski definition) is 3. The summed E-state index contributed by atoms with van der Waals surface area (Å²) in [6.45, 7) is 1.94. The van der Waals surface area contributed by atoms with Crippen LogP contribution in [0.2, 0.25) is 0 Å². The largest absolute Gasteiger partial charge is 0.313 e. The predicted molar refractivity (Wildman–Crippen MR) is 79.7 cm³/mol. The average Bonchev–Trinajstić information content (AvgIpc) is 2.48. The van der Waals surface area contributed by atoms with Crippen molar-refractivity contribution in [2.75, 3.05) is 7.05 Å². The highest BCUT2D eigenvalue weighted by atomic mass is 19.1. The number of nitrogens with one attached hydrogen (secondary N) is 1. The van der Waals surface area contributed by atoms with E-state index >= 15 is 0 Å². The van der Waals surface area contributed by atoms with Crippen LogP contribution in [-0.4, -0.2) is 12.0 Å². The summed E-state index contributed by atoms with van der Waals surface area (Å²) in [6, 6.07) is 11.1. The van der Waals surface area contributed by atoms with Crippen molar-refractivity contribution in [1.82, 2.24) is 5.32 Å². The predicted octanol–water partition coefficient (Wildman–Crippen LogP) is 3.55. The van der Waals surface area contributed by atoms with Gasteiger partial charge in [-0.05, 0) is 49.2 Å². The maximum atomic E-state index is 13.4. The fourth-order valence-electron chi connectivity index (χ4n) is 2.34. The summed E-state index contributed by atoms with van der Waals surface area (Å²) in [7, 11) is 1.82. The Bertz CT molecular complexity index is 641. The van der Waals surface area contributed by atoms with Gasteiger partial charge in [0.15, 0.2) is 0 Å². The maximum absolute atomic E-state index is 13.4. The number of aryl methyl sites for hydroxylation is 1. The van der Waals surface area contributed by atoms with Crippen molar-refractivity contribution in [2.45, 2.75) is 19.4 Å². The Kier molecular flexibility index (Phi) is 4.65. The Morgan fingerprint density at radius 2 is 1.90 bits per heavy atom. The smallest absolute Gasteiger partial charge is 0.269 e. The molecule has 0 aliphatic carbocycles. The van der Waals surface area contributed by atoms with E-state index in [0.29, 0.717) is 6.42 Å². The van der Waals surface area contributed by atoms with E-state index in [4.69, 9.17) is 0 Å². The zero-order valence-corrected chi connectivity index (χ0v) is 12.0. The molecule has 0 bridgehead atoms. The Balaban J connectivity index is 2.22. The molecule has 0 fully saturated rings. The van der Waals surface area contributed by atoms with E-state index in [1.165, 1.54) is 24.3 Å². The maximum Gasteiger partial charge on any atom is 0.269 e. The summed E-state index contributed by atoms with van der Waals surface area (Å²) in [4.78, 5) is 10.2. The van der Waals surface area contributed by atoms with Crippen LogP contribution < -0.4 is 5.32 Å². The summed E-state index contributed by atoms with van der Waals surface area (Å²) in [5.74, 6) is -0.264. The molecule has 0 saturated carbocycles. The number of rotatable bonds is 5. The van der Waals surface area contributed by atoms with E-state index in [9.17, 15) is 14.5 Å². The van der Waals surface area contributed by atoms with Crippen LogP contribution in [0.5, 0.6) is 0 Å². The summed E-state index contributed by atoms with van der Waals surface area (Å²) in [5.41, 5.74) is 2.94. The Labute approximate surface area is 122 Å². The Hall–Kier alpha value is -2.27. The molecule has 0 amide bonds. The van der Waals surface area contributed by atoms with E-state index in [-0.39, 0.29) is 17.5 Å². The van der Waals surface area contributed by atoms with Crippen molar-refractivity contribution in [1.29, 1.82) is 0 Å². The molecule has 2 aromatic rings. The van der Waals surface area contributed by atoms with E-state index in [1.807, 2.05) is 14.0 Å². The number of halogens is 1. The molecule has 0 heterocycles. The third kappa shape index (κ3) is 3.64. The van der Waals surface area contributed by atoms with Gasteiger partial charge >= 0.3 is 0 Å². The Morgan fingerprint density at radius 3 is 2.48 bits per heavy atom. The lowest BCUT2D eigenvalue weighted by Crippen LogP contribution is -2.20. The highest BCUT2D eigenvalue weighted by molar-refractivity contribution is 5.35. The monoisotopic (exact) mass is 288 g/mol. The molecule has 0 aromatic heterocycles. The van der Waals surface area contributed by atoms with E-state index in [1.54, 1.807) is 18.2 Å². The normalized spacial score (nSPS) is 12.1. The summed E-state index contributed by atoms with van der Waals surface area (Å²) < 4.78 is 13.4. The van der Waals surface area contributed by atoms with Crippen LogP contribution in [0.1, 0.15) is 22.7 Å². The molecule has 110 valence electrons. The number of hydrogen-bond donors (Lipinski definition) is 1. The second-order valence-electron chi connectivity index (χ2n) is 4.97. The van der Waals surface area contributed by atoms with Crippen molar-refractivity contribution < 1.29 is 9.31 Å². The molecule has 0 radical (unpaired) electrons. The number of nitro groups is 1. The first kappa shape index (κ1) is 15.1. The zero-order valence-electron chi connectivity index (χ0n) is 12.0. The van der Waals surface area contributed by atoms with Gasteiger partial charge < -0.3 is 5.32 Å². The van der Waals surface area contributed by atoms with Crippen molar-refractivity contribution in [2.24, 2.45) is 0 Å². The van der Waals surface area contributed by atoms with Crippen molar-refractivity contribution in [3.05, 3.63) is 75.1 Å². The van der Waals surface area contributed by atoms with Crippen LogP contribution in [-0.2, 0) is 6.42 Å². The molecule has 2 aromatic carbocycles. The second kappa shape index (κ2) is 6.45. The lowest BCUT2D eigenvalue weighted by Gasteiger charge is -2.19. The minimum atomic E-state index is -0.421. The first-order valence-electron chi connectivity index (χ1n) is 6.68. The second-order valence-corrected chi connectivity index (χ2v) is 4.97. The molecule has 0 aliphatic rings. The number of likely N-dealkylation sites (N-methyl/N-ethyl adjacent to an activating group) is 1. The van der Waals surface area contributed by atoms with Crippen LogP contribution in [0.15, 0.2) is 42.5 Å². The van der Waals surface area contributed by atoms with Gasteiger partial charge in [0.05, 0.1) is 4.92 Å². The summed E-state index contributed by atoms with van der Waals surface area (Å²) in [6.07, 6.45) is 0.638. The third-order valence-corrected chi connectivity index (χ3v) is 3.55. The zero-order chi connectivity index (χ0) is 15.4.